The fourth-order valence-electron chi connectivity index (χ4n) is 2.55. The molecule has 1 fully saturated rings. The minimum absolute atomic E-state index is 0.744. The second kappa shape index (κ2) is 4.32. The van der Waals surface area contributed by atoms with Gasteiger partial charge in [-0.2, -0.15) is 0 Å². The molecule has 2 heterocycles. The largest absolute Gasteiger partial charge is 0.398 e. The van der Waals surface area contributed by atoms with Crippen LogP contribution >= 0.6 is 0 Å². The van der Waals surface area contributed by atoms with Crippen LogP contribution in [0.3, 0.4) is 0 Å². The molecule has 1 aromatic heterocycles. The Labute approximate surface area is 97.7 Å². The predicted octanol–water partition coefficient (Wildman–Crippen LogP) is 2.45. The SMILES string of the molecule is Cc1cnc(N2CC(C)CC(C)C2)cc1N. The first-order chi connectivity index (χ1) is 7.56. The van der Waals surface area contributed by atoms with E-state index in [2.05, 4.69) is 23.7 Å². The van der Waals surface area contributed by atoms with E-state index in [4.69, 9.17) is 5.73 Å². The Morgan fingerprint density at radius 3 is 2.50 bits per heavy atom. The minimum Gasteiger partial charge on any atom is -0.398 e. The summed E-state index contributed by atoms with van der Waals surface area (Å²) in [5.74, 6) is 2.52. The molecule has 0 bridgehead atoms. The molecule has 0 radical (unpaired) electrons. The second-order valence-electron chi connectivity index (χ2n) is 5.25. The zero-order chi connectivity index (χ0) is 11.7. The number of aromatic nitrogens is 1. The highest BCUT2D eigenvalue weighted by Crippen LogP contribution is 2.26. The van der Waals surface area contributed by atoms with Gasteiger partial charge in [-0.25, -0.2) is 4.98 Å². The maximum Gasteiger partial charge on any atom is 0.130 e. The lowest BCUT2D eigenvalue weighted by molar-refractivity contribution is 0.355. The van der Waals surface area contributed by atoms with Crippen molar-refractivity contribution in [3.63, 3.8) is 0 Å². The average Bonchev–Trinajstić information content (AvgIpc) is 2.20. The van der Waals surface area contributed by atoms with Gasteiger partial charge in [-0.15, -0.1) is 0 Å². The Bertz CT molecular complexity index is 365. The molecule has 1 aliphatic heterocycles. The van der Waals surface area contributed by atoms with E-state index < -0.39 is 0 Å². The molecule has 2 rings (SSSR count). The van der Waals surface area contributed by atoms with E-state index in [0.29, 0.717) is 0 Å². The number of aryl methyl sites for hydroxylation is 1. The maximum atomic E-state index is 5.93. The molecule has 1 aromatic rings. The van der Waals surface area contributed by atoms with Crippen LogP contribution in [0.25, 0.3) is 0 Å². The van der Waals surface area contributed by atoms with Crippen molar-refractivity contribution >= 4 is 11.5 Å². The molecule has 2 unspecified atom stereocenters. The third kappa shape index (κ3) is 2.29. The number of nitrogen functional groups attached to an aromatic ring is 1. The third-order valence-corrected chi connectivity index (χ3v) is 3.32. The Kier molecular flexibility index (Phi) is 3.03. The van der Waals surface area contributed by atoms with Crippen LogP contribution in [0.2, 0.25) is 0 Å². The highest BCUT2D eigenvalue weighted by atomic mass is 15.2. The lowest BCUT2D eigenvalue weighted by Gasteiger charge is -2.35. The molecule has 0 spiro atoms. The Morgan fingerprint density at radius 2 is 1.94 bits per heavy atom. The maximum absolute atomic E-state index is 5.93. The van der Waals surface area contributed by atoms with Crippen molar-refractivity contribution in [3.8, 4) is 0 Å². The third-order valence-electron chi connectivity index (χ3n) is 3.32. The number of anilines is 2. The molecule has 1 aliphatic rings. The lowest BCUT2D eigenvalue weighted by Crippen LogP contribution is -2.39. The van der Waals surface area contributed by atoms with Crippen molar-refractivity contribution in [2.24, 2.45) is 11.8 Å². The van der Waals surface area contributed by atoms with E-state index in [0.717, 1.165) is 42.0 Å². The fraction of sp³-hybridized carbons (Fsp3) is 0.615. The van der Waals surface area contributed by atoms with Crippen LogP contribution in [0, 0.1) is 18.8 Å². The second-order valence-corrected chi connectivity index (χ2v) is 5.25. The van der Waals surface area contributed by atoms with Gasteiger partial charge in [-0.05, 0) is 30.7 Å². The summed E-state index contributed by atoms with van der Waals surface area (Å²) in [5.41, 5.74) is 7.83. The molecular formula is C13H21N3. The molecular weight excluding hydrogens is 198 g/mol. The Morgan fingerprint density at radius 1 is 1.31 bits per heavy atom. The van der Waals surface area contributed by atoms with Crippen LogP contribution in [-0.2, 0) is 0 Å². The highest BCUT2D eigenvalue weighted by Gasteiger charge is 2.22. The predicted molar refractivity (Wildman–Crippen MR) is 68.5 cm³/mol. The lowest BCUT2D eigenvalue weighted by atomic mass is 9.92. The van der Waals surface area contributed by atoms with Gasteiger partial charge in [0.05, 0.1) is 0 Å². The Balaban J connectivity index is 2.19. The van der Waals surface area contributed by atoms with Crippen molar-refractivity contribution in [1.29, 1.82) is 0 Å². The number of nitrogens with zero attached hydrogens (tertiary/aromatic N) is 2. The summed E-state index contributed by atoms with van der Waals surface area (Å²) in [4.78, 5) is 6.83. The van der Waals surface area contributed by atoms with E-state index >= 15 is 0 Å². The van der Waals surface area contributed by atoms with E-state index in [9.17, 15) is 0 Å². The normalized spacial score (nSPS) is 25.8. The van der Waals surface area contributed by atoms with Crippen LogP contribution in [0.5, 0.6) is 0 Å². The smallest absolute Gasteiger partial charge is 0.130 e. The van der Waals surface area contributed by atoms with Crippen LogP contribution in [0.1, 0.15) is 25.8 Å². The van der Waals surface area contributed by atoms with Gasteiger partial charge in [0.1, 0.15) is 5.82 Å². The van der Waals surface area contributed by atoms with Gasteiger partial charge in [-0.1, -0.05) is 13.8 Å². The molecule has 1 saturated heterocycles. The van der Waals surface area contributed by atoms with Gasteiger partial charge < -0.3 is 10.6 Å². The molecule has 0 aromatic carbocycles. The van der Waals surface area contributed by atoms with Crippen LogP contribution in [0.15, 0.2) is 12.3 Å². The molecule has 0 saturated carbocycles. The van der Waals surface area contributed by atoms with Gasteiger partial charge >= 0.3 is 0 Å². The topological polar surface area (TPSA) is 42.2 Å². The summed E-state index contributed by atoms with van der Waals surface area (Å²) in [6.45, 7) is 8.80. The quantitative estimate of drug-likeness (QED) is 0.789. The summed E-state index contributed by atoms with van der Waals surface area (Å²) < 4.78 is 0. The minimum atomic E-state index is 0.744. The van der Waals surface area contributed by atoms with E-state index in [1.54, 1.807) is 0 Å². The van der Waals surface area contributed by atoms with Gasteiger partial charge in [0.15, 0.2) is 0 Å². The molecule has 3 heteroatoms. The number of hydrogen-bond donors (Lipinski definition) is 1. The zero-order valence-electron chi connectivity index (χ0n) is 10.4. The molecule has 2 N–H and O–H groups in total. The van der Waals surface area contributed by atoms with E-state index in [1.165, 1.54) is 6.42 Å². The molecule has 2 atom stereocenters. The summed E-state index contributed by atoms with van der Waals surface area (Å²) >= 11 is 0. The van der Waals surface area contributed by atoms with Crippen LogP contribution < -0.4 is 10.6 Å². The number of nitrogens with two attached hydrogens (primary N) is 1. The summed E-state index contributed by atoms with van der Waals surface area (Å²) in [6.07, 6.45) is 3.19. The number of hydrogen-bond acceptors (Lipinski definition) is 3. The van der Waals surface area contributed by atoms with Crippen molar-refractivity contribution in [2.45, 2.75) is 27.2 Å². The number of rotatable bonds is 1. The molecule has 88 valence electrons. The Hall–Kier alpha value is -1.25. The molecule has 0 amide bonds. The summed E-state index contributed by atoms with van der Waals surface area (Å²) in [7, 11) is 0. The van der Waals surface area contributed by atoms with Gasteiger partial charge in [-0.3, -0.25) is 0 Å². The van der Waals surface area contributed by atoms with Gasteiger partial charge in [0.25, 0.3) is 0 Å². The van der Waals surface area contributed by atoms with E-state index in [1.807, 2.05) is 19.2 Å². The van der Waals surface area contributed by atoms with Gasteiger partial charge in [0, 0.05) is 31.0 Å². The van der Waals surface area contributed by atoms with Crippen molar-refractivity contribution in [3.05, 3.63) is 17.8 Å². The van der Waals surface area contributed by atoms with Crippen LogP contribution in [0.4, 0.5) is 11.5 Å². The standard InChI is InChI=1S/C13H21N3/c1-9-4-10(2)8-16(7-9)13-5-12(14)11(3)6-15-13/h5-6,9-10H,4,7-8H2,1-3H3,(H2,14,15). The summed E-state index contributed by atoms with van der Waals surface area (Å²) in [5, 5.41) is 0. The first-order valence-corrected chi connectivity index (χ1v) is 6.03. The fourth-order valence-corrected chi connectivity index (χ4v) is 2.55. The zero-order valence-corrected chi connectivity index (χ0v) is 10.4. The first-order valence-electron chi connectivity index (χ1n) is 6.03. The molecule has 3 nitrogen and oxygen atoms in total. The van der Waals surface area contributed by atoms with Crippen molar-refractivity contribution in [1.82, 2.24) is 4.98 Å². The summed E-state index contributed by atoms with van der Waals surface area (Å²) in [6, 6.07) is 2.00. The average molecular weight is 219 g/mol. The molecule has 16 heavy (non-hydrogen) atoms. The first kappa shape index (κ1) is 11.2. The van der Waals surface area contributed by atoms with Gasteiger partial charge in [0.2, 0.25) is 0 Å². The van der Waals surface area contributed by atoms with Crippen molar-refractivity contribution in [2.75, 3.05) is 23.7 Å². The number of pyridine rings is 1. The highest BCUT2D eigenvalue weighted by molar-refractivity contribution is 5.54. The monoisotopic (exact) mass is 219 g/mol. The van der Waals surface area contributed by atoms with E-state index in [-0.39, 0.29) is 0 Å². The number of piperidine rings is 1. The molecule has 0 aliphatic carbocycles. The van der Waals surface area contributed by atoms with Crippen LogP contribution in [-0.4, -0.2) is 18.1 Å². The van der Waals surface area contributed by atoms with Crippen molar-refractivity contribution < 1.29 is 0 Å².